The van der Waals surface area contributed by atoms with Crippen LogP contribution in [0, 0.1) is 0 Å². The molecule has 1 saturated heterocycles. The minimum atomic E-state index is -0.226. The summed E-state index contributed by atoms with van der Waals surface area (Å²) in [6, 6.07) is 5.63. The highest BCUT2D eigenvalue weighted by Gasteiger charge is 2.45. The number of amides is 1. The maximum Gasteiger partial charge on any atom is 0.254 e. The molecule has 1 N–H and O–H groups in total. The van der Waals surface area contributed by atoms with E-state index in [9.17, 15) is 9.59 Å². The smallest absolute Gasteiger partial charge is 0.254 e. The van der Waals surface area contributed by atoms with Crippen LogP contribution in [-0.2, 0) is 23.2 Å². The van der Waals surface area contributed by atoms with Crippen molar-refractivity contribution in [3.63, 3.8) is 0 Å². The van der Waals surface area contributed by atoms with E-state index in [4.69, 9.17) is 4.98 Å². The fraction of sp³-hybridized carbons (Fsp3) is 0.435. The van der Waals surface area contributed by atoms with Gasteiger partial charge in [0, 0.05) is 67.4 Å². The van der Waals surface area contributed by atoms with Crippen LogP contribution in [0.1, 0.15) is 43.4 Å². The number of aromatic amines is 1. The average Bonchev–Trinajstić information content (AvgIpc) is 3.43. The maximum absolute atomic E-state index is 12.9. The number of carbonyl (C=O) groups excluding carboxylic acids is 1. The first-order valence-electron chi connectivity index (χ1n) is 10.9. The second kappa shape index (κ2) is 8.09. The summed E-state index contributed by atoms with van der Waals surface area (Å²) in [7, 11) is 0. The number of piperidine rings is 1. The highest BCUT2D eigenvalue weighted by atomic mass is 16.2. The summed E-state index contributed by atoms with van der Waals surface area (Å²) in [6.45, 7) is 2.16. The lowest BCUT2D eigenvalue weighted by Crippen LogP contribution is -2.48. The molecular weight excluding hydrogens is 392 g/mol. The van der Waals surface area contributed by atoms with E-state index < -0.39 is 0 Å². The van der Waals surface area contributed by atoms with Crippen molar-refractivity contribution < 1.29 is 4.79 Å². The Hall–Kier alpha value is -3.29. The van der Waals surface area contributed by atoms with E-state index >= 15 is 0 Å². The van der Waals surface area contributed by atoms with Gasteiger partial charge in [-0.05, 0) is 50.3 Å². The molecule has 2 aliphatic rings. The van der Waals surface area contributed by atoms with Crippen LogP contribution in [0.2, 0.25) is 0 Å². The second-order valence-electron chi connectivity index (χ2n) is 8.56. The van der Waals surface area contributed by atoms with Crippen LogP contribution in [0.25, 0.3) is 11.4 Å². The van der Waals surface area contributed by atoms with Crippen LogP contribution < -0.4 is 5.56 Å². The normalized spacial score (nSPS) is 20.2. The van der Waals surface area contributed by atoms with Crippen molar-refractivity contribution >= 4 is 5.91 Å². The molecule has 0 saturated carbocycles. The van der Waals surface area contributed by atoms with Crippen LogP contribution in [0.15, 0.2) is 47.8 Å². The fourth-order valence-electron chi connectivity index (χ4n) is 5.02. The lowest BCUT2D eigenvalue weighted by Gasteiger charge is -2.40. The molecule has 0 aromatic carbocycles. The first kappa shape index (κ1) is 19.7. The van der Waals surface area contributed by atoms with Gasteiger partial charge in [0.15, 0.2) is 0 Å². The summed E-state index contributed by atoms with van der Waals surface area (Å²) in [5.74, 6) is 0.734. The quantitative estimate of drug-likeness (QED) is 0.686. The van der Waals surface area contributed by atoms with Crippen LogP contribution in [0.5, 0.6) is 0 Å². The molecule has 8 heteroatoms. The minimum Gasteiger partial charge on any atom is -0.342 e. The van der Waals surface area contributed by atoms with E-state index in [2.05, 4.69) is 15.1 Å². The third-order valence-corrected chi connectivity index (χ3v) is 6.57. The van der Waals surface area contributed by atoms with Crippen molar-refractivity contribution in [2.75, 3.05) is 13.1 Å². The Bertz CT molecular complexity index is 1120. The summed E-state index contributed by atoms with van der Waals surface area (Å²) in [5.41, 5.74) is 2.16. The van der Waals surface area contributed by atoms with Crippen molar-refractivity contribution in [1.82, 2.24) is 29.6 Å². The van der Waals surface area contributed by atoms with Gasteiger partial charge in [0.25, 0.3) is 5.56 Å². The number of H-pyrrole nitrogens is 1. The monoisotopic (exact) mass is 418 g/mol. The van der Waals surface area contributed by atoms with Gasteiger partial charge in [-0.3, -0.25) is 19.3 Å². The molecule has 1 atom stereocenters. The molecule has 1 aliphatic carbocycles. The standard InChI is InChI=1S/C23H26N6O2/c30-19(6-2-13-29-14-4-11-25-29)28-12-3-8-23(16-28)9-7-18-20(23)26-21(27-22(18)31)17-5-1-10-24-15-17/h1,4-5,10-11,14-15H,2-3,6-9,12-13,16H2,(H,26,27,31). The van der Waals surface area contributed by atoms with E-state index in [1.807, 2.05) is 34.0 Å². The number of hydrogen-bond acceptors (Lipinski definition) is 5. The molecule has 3 aromatic heterocycles. The molecule has 0 radical (unpaired) electrons. The molecule has 0 bridgehead atoms. The molecule has 1 unspecified atom stereocenters. The molecule has 1 spiro atoms. The van der Waals surface area contributed by atoms with Crippen LogP contribution in [-0.4, -0.2) is 48.6 Å². The van der Waals surface area contributed by atoms with Gasteiger partial charge in [-0.25, -0.2) is 4.98 Å². The molecule has 31 heavy (non-hydrogen) atoms. The zero-order chi connectivity index (χ0) is 21.3. The third kappa shape index (κ3) is 3.78. The van der Waals surface area contributed by atoms with Gasteiger partial charge >= 0.3 is 0 Å². The van der Waals surface area contributed by atoms with Gasteiger partial charge in [-0.15, -0.1) is 0 Å². The van der Waals surface area contributed by atoms with E-state index in [1.165, 1.54) is 0 Å². The van der Waals surface area contributed by atoms with Crippen LogP contribution in [0.3, 0.4) is 0 Å². The summed E-state index contributed by atoms with van der Waals surface area (Å²) in [5, 5.41) is 4.20. The lowest BCUT2D eigenvalue weighted by atomic mass is 9.77. The van der Waals surface area contributed by atoms with Gasteiger partial charge in [0.2, 0.25) is 5.91 Å². The molecule has 5 rings (SSSR count). The minimum absolute atomic E-state index is 0.0663. The SMILES string of the molecule is O=C(CCCn1cccn1)N1CCCC2(CCc3c2nc(-c2cccnc2)[nH]c3=O)C1. The Morgan fingerprint density at radius 3 is 2.97 bits per heavy atom. The Morgan fingerprint density at radius 2 is 2.16 bits per heavy atom. The average molecular weight is 419 g/mol. The molecule has 160 valence electrons. The number of carbonyl (C=O) groups is 1. The van der Waals surface area contributed by atoms with E-state index in [-0.39, 0.29) is 16.9 Å². The summed E-state index contributed by atoms with van der Waals surface area (Å²) in [6.07, 6.45) is 11.8. The number of fused-ring (bicyclic) bond motifs is 2. The molecule has 1 amide bonds. The zero-order valence-corrected chi connectivity index (χ0v) is 17.5. The Labute approximate surface area is 180 Å². The molecule has 1 aliphatic heterocycles. The molecule has 8 nitrogen and oxygen atoms in total. The lowest BCUT2D eigenvalue weighted by molar-refractivity contribution is -0.133. The summed E-state index contributed by atoms with van der Waals surface area (Å²) >= 11 is 0. The van der Waals surface area contributed by atoms with E-state index in [1.54, 1.807) is 18.6 Å². The first-order chi connectivity index (χ1) is 15.1. The Morgan fingerprint density at radius 1 is 1.23 bits per heavy atom. The van der Waals surface area contributed by atoms with Crippen molar-refractivity contribution in [3.8, 4) is 11.4 Å². The highest BCUT2D eigenvalue weighted by molar-refractivity contribution is 5.76. The molecule has 1 fully saturated rings. The second-order valence-corrected chi connectivity index (χ2v) is 8.56. The van der Waals surface area contributed by atoms with Crippen LogP contribution in [0.4, 0.5) is 0 Å². The van der Waals surface area contributed by atoms with Crippen LogP contribution >= 0.6 is 0 Å². The maximum atomic E-state index is 12.9. The number of aryl methyl sites for hydroxylation is 1. The van der Waals surface area contributed by atoms with E-state index in [0.717, 1.165) is 55.6 Å². The Balaban J connectivity index is 1.35. The van der Waals surface area contributed by atoms with Crippen molar-refractivity contribution in [2.45, 2.75) is 50.5 Å². The fourth-order valence-corrected chi connectivity index (χ4v) is 5.02. The third-order valence-electron chi connectivity index (χ3n) is 6.57. The van der Waals surface area contributed by atoms with Gasteiger partial charge in [0.1, 0.15) is 5.82 Å². The number of nitrogens with zero attached hydrogens (tertiary/aromatic N) is 5. The predicted molar refractivity (Wildman–Crippen MR) is 115 cm³/mol. The zero-order valence-electron chi connectivity index (χ0n) is 17.5. The molecular formula is C23H26N6O2. The number of likely N-dealkylation sites (tertiary alicyclic amines) is 1. The van der Waals surface area contributed by atoms with Crippen molar-refractivity contribution in [2.24, 2.45) is 0 Å². The van der Waals surface area contributed by atoms with Gasteiger partial charge in [0.05, 0.1) is 5.69 Å². The Kier molecular flexibility index (Phi) is 5.13. The number of nitrogens with one attached hydrogen (secondary N) is 1. The number of hydrogen-bond donors (Lipinski definition) is 1. The van der Waals surface area contributed by atoms with Gasteiger partial charge in [-0.2, -0.15) is 5.10 Å². The first-order valence-corrected chi connectivity index (χ1v) is 10.9. The van der Waals surface area contributed by atoms with Gasteiger partial charge in [-0.1, -0.05) is 0 Å². The van der Waals surface area contributed by atoms with Crippen molar-refractivity contribution in [1.29, 1.82) is 0 Å². The number of rotatable bonds is 5. The van der Waals surface area contributed by atoms with Gasteiger partial charge < -0.3 is 9.88 Å². The number of pyridine rings is 1. The summed E-state index contributed by atoms with van der Waals surface area (Å²) < 4.78 is 1.86. The largest absolute Gasteiger partial charge is 0.342 e. The summed E-state index contributed by atoms with van der Waals surface area (Å²) in [4.78, 5) is 39.7. The predicted octanol–water partition coefficient (Wildman–Crippen LogP) is 2.32. The highest BCUT2D eigenvalue weighted by Crippen LogP contribution is 2.43. The van der Waals surface area contributed by atoms with Crippen molar-refractivity contribution in [3.05, 3.63) is 64.6 Å². The number of aromatic nitrogens is 5. The van der Waals surface area contributed by atoms with E-state index in [0.29, 0.717) is 25.2 Å². The topological polar surface area (TPSA) is 96.8 Å². The molecule has 3 aromatic rings. The molecule has 4 heterocycles.